The highest BCUT2D eigenvalue weighted by Crippen LogP contribution is 2.21. The maximum atomic E-state index is 12.4. The van der Waals surface area contributed by atoms with Crippen molar-refractivity contribution in [3.8, 4) is 11.4 Å². The van der Waals surface area contributed by atoms with Gasteiger partial charge in [0.15, 0.2) is 5.82 Å². The summed E-state index contributed by atoms with van der Waals surface area (Å²) < 4.78 is 0. The molecule has 0 radical (unpaired) electrons. The molecule has 7 heteroatoms. The summed E-state index contributed by atoms with van der Waals surface area (Å²) in [4.78, 5) is 29.1. The molecular weight excluding hydrogens is 284 g/mol. The summed E-state index contributed by atoms with van der Waals surface area (Å²) in [5, 5.41) is 15.8. The number of likely N-dealkylation sites (tertiary alicyclic amines) is 1. The Morgan fingerprint density at radius 2 is 2.05 bits per heavy atom. The zero-order valence-electron chi connectivity index (χ0n) is 12.1. The lowest BCUT2D eigenvalue weighted by Crippen LogP contribution is -2.29. The number of benzene rings is 1. The Bertz CT molecular complexity index is 708. The molecule has 0 saturated carbocycles. The first-order valence-electron chi connectivity index (χ1n) is 7.06. The highest BCUT2D eigenvalue weighted by Gasteiger charge is 2.31. The minimum absolute atomic E-state index is 0.138. The van der Waals surface area contributed by atoms with E-state index in [4.69, 9.17) is 5.11 Å². The summed E-state index contributed by atoms with van der Waals surface area (Å²) in [5.74, 6) is -0.123. The third-order valence-electron chi connectivity index (χ3n) is 3.81. The van der Waals surface area contributed by atoms with E-state index in [2.05, 4.69) is 15.2 Å². The number of carboxylic acid groups (broad SMARTS) is 1. The number of nitrogens with one attached hydrogen (secondary N) is 1. The van der Waals surface area contributed by atoms with Crippen molar-refractivity contribution in [2.45, 2.75) is 13.3 Å². The van der Waals surface area contributed by atoms with Crippen LogP contribution in [-0.2, 0) is 4.79 Å². The quantitative estimate of drug-likeness (QED) is 0.890. The molecule has 1 aromatic carbocycles. The van der Waals surface area contributed by atoms with Crippen LogP contribution in [-0.4, -0.2) is 50.2 Å². The topological polar surface area (TPSA) is 99.2 Å². The number of rotatable bonds is 3. The van der Waals surface area contributed by atoms with Crippen LogP contribution in [0.3, 0.4) is 0 Å². The Kier molecular flexibility index (Phi) is 3.62. The Hall–Kier alpha value is -2.70. The molecule has 1 amide bonds. The predicted octanol–water partition coefficient (Wildman–Crippen LogP) is 1.33. The number of H-pyrrole nitrogens is 1. The van der Waals surface area contributed by atoms with Gasteiger partial charge in [-0.25, -0.2) is 4.98 Å². The second-order valence-corrected chi connectivity index (χ2v) is 5.40. The molecule has 0 unspecified atom stereocenters. The molecule has 0 bridgehead atoms. The van der Waals surface area contributed by atoms with Crippen molar-refractivity contribution in [3.05, 3.63) is 35.7 Å². The molecule has 1 aliphatic heterocycles. The lowest BCUT2D eigenvalue weighted by atomic mass is 10.1. The Morgan fingerprint density at radius 1 is 1.32 bits per heavy atom. The fourth-order valence-corrected chi connectivity index (χ4v) is 2.56. The van der Waals surface area contributed by atoms with Gasteiger partial charge in [-0.2, -0.15) is 5.10 Å². The molecule has 1 saturated heterocycles. The molecule has 114 valence electrons. The van der Waals surface area contributed by atoms with Crippen molar-refractivity contribution in [1.29, 1.82) is 0 Å². The highest BCUT2D eigenvalue weighted by atomic mass is 16.4. The molecule has 3 rings (SSSR count). The first-order chi connectivity index (χ1) is 10.5. The van der Waals surface area contributed by atoms with E-state index < -0.39 is 11.9 Å². The number of aromatic amines is 1. The molecule has 1 fully saturated rings. The molecule has 1 aromatic heterocycles. The SMILES string of the molecule is Cc1nc(-c2ccc(C(=O)N3CC[C@@H](C(=O)O)C3)cc2)n[nH]1. The smallest absolute Gasteiger partial charge is 0.308 e. The number of carboxylic acids is 1. The third kappa shape index (κ3) is 2.69. The van der Waals surface area contributed by atoms with Crippen LogP contribution >= 0.6 is 0 Å². The molecule has 7 nitrogen and oxygen atoms in total. The zero-order valence-corrected chi connectivity index (χ0v) is 12.1. The number of nitrogens with zero attached hydrogens (tertiary/aromatic N) is 3. The van der Waals surface area contributed by atoms with Gasteiger partial charge in [0.05, 0.1) is 5.92 Å². The number of carbonyl (C=O) groups excluding carboxylic acids is 1. The number of carbonyl (C=O) groups is 2. The van der Waals surface area contributed by atoms with Crippen molar-refractivity contribution in [1.82, 2.24) is 20.1 Å². The fraction of sp³-hybridized carbons (Fsp3) is 0.333. The number of aliphatic carboxylic acids is 1. The summed E-state index contributed by atoms with van der Waals surface area (Å²) in [5.41, 5.74) is 1.37. The minimum atomic E-state index is -0.842. The zero-order chi connectivity index (χ0) is 15.7. The van der Waals surface area contributed by atoms with Gasteiger partial charge in [0.2, 0.25) is 0 Å². The van der Waals surface area contributed by atoms with E-state index in [1.165, 1.54) is 0 Å². The summed E-state index contributed by atoms with van der Waals surface area (Å²) in [7, 11) is 0. The van der Waals surface area contributed by atoms with Crippen molar-refractivity contribution in [2.75, 3.05) is 13.1 Å². The Balaban J connectivity index is 1.73. The second-order valence-electron chi connectivity index (χ2n) is 5.40. The summed E-state index contributed by atoms with van der Waals surface area (Å²) in [6.07, 6.45) is 0.510. The number of hydrogen-bond acceptors (Lipinski definition) is 4. The van der Waals surface area contributed by atoms with Crippen LogP contribution in [0.25, 0.3) is 11.4 Å². The Morgan fingerprint density at radius 3 is 2.59 bits per heavy atom. The molecule has 22 heavy (non-hydrogen) atoms. The van der Waals surface area contributed by atoms with Crippen LogP contribution < -0.4 is 0 Å². The highest BCUT2D eigenvalue weighted by molar-refractivity contribution is 5.95. The molecular formula is C15H16N4O3. The maximum absolute atomic E-state index is 12.4. The van der Waals surface area contributed by atoms with Crippen molar-refractivity contribution < 1.29 is 14.7 Å². The molecule has 2 heterocycles. The van der Waals surface area contributed by atoms with Crippen molar-refractivity contribution in [3.63, 3.8) is 0 Å². The van der Waals surface area contributed by atoms with Gasteiger partial charge in [0.25, 0.3) is 5.91 Å². The standard InChI is InChI=1S/C15H16N4O3/c1-9-16-13(18-17-9)10-2-4-11(5-3-10)14(20)19-7-6-12(8-19)15(21)22/h2-5,12H,6-8H2,1H3,(H,21,22)(H,16,17,18)/t12-/m1/s1. The minimum Gasteiger partial charge on any atom is -0.481 e. The average molecular weight is 300 g/mol. The maximum Gasteiger partial charge on any atom is 0.308 e. The largest absolute Gasteiger partial charge is 0.481 e. The number of aromatic nitrogens is 3. The van der Waals surface area contributed by atoms with E-state index in [9.17, 15) is 9.59 Å². The predicted molar refractivity (Wildman–Crippen MR) is 78.2 cm³/mol. The average Bonchev–Trinajstić information content (AvgIpc) is 3.16. The van der Waals surface area contributed by atoms with Gasteiger partial charge in [0, 0.05) is 24.2 Å². The van der Waals surface area contributed by atoms with Crippen LogP contribution in [0.5, 0.6) is 0 Å². The molecule has 2 aromatic rings. The van der Waals surface area contributed by atoms with E-state index >= 15 is 0 Å². The lowest BCUT2D eigenvalue weighted by Gasteiger charge is -2.15. The summed E-state index contributed by atoms with van der Waals surface area (Å²) in [6, 6.07) is 7.02. The number of aryl methyl sites for hydroxylation is 1. The fourth-order valence-electron chi connectivity index (χ4n) is 2.56. The normalized spacial score (nSPS) is 17.7. The third-order valence-corrected chi connectivity index (χ3v) is 3.81. The first kappa shape index (κ1) is 14.2. The monoisotopic (exact) mass is 300 g/mol. The van der Waals surface area contributed by atoms with E-state index in [1.54, 1.807) is 29.2 Å². The van der Waals surface area contributed by atoms with E-state index in [0.717, 1.165) is 11.4 Å². The van der Waals surface area contributed by atoms with Gasteiger partial charge < -0.3 is 10.0 Å². The van der Waals surface area contributed by atoms with Gasteiger partial charge in [-0.15, -0.1) is 0 Å². The lowest BCUT2D eigenvalue weighted by molar-refractivity contribution is -0.141. The van der Waals surface area contributed by atoms with Gasteiger partial charge in [-0.1, -0.05) is 12.1 Å². The van der Waals surface area contributed by atoms with Crippen LogP contribution in [0.4, 0.5) is 0 Å². The van der Waals surface area contributed by atoms with E-state index in [1.807, 2.05) is 6.92 Å². The first-order valence-corrected chi connectivity index (χ1v) is 7.06. The van der Waals surface area contributed by atoms with Crippen LogP contribution in [0.1, 0.15) is 22.6 Å². The van der Waals surface area contributed by atoms with Crippen molar-refractivity contribution >= 4 is 11.9 Å². The molecule has 0 aliphatic carbocycles. The number of hydrogen-bond donors (Lipinski definition) is 2. The van der Waals surface area contributed by atoms with E-state index in [-0.39, 0.29) is 12.5 Å². The van der Waals surface area contributed by atoms with Crippen LogP contribution in [0.15, 0.2) is 24.3 Å². The van der Waals surface area contributed by atoms with Gasteiger partial charge in [-0.05, 0) is 25.5 Å². The molecule has 1 atom stereocenters. The van der Waals surface area contributed by atoms with Gasteiger partial charge >= 0.3 is 5.97 Å². The molecule has 1 aliphatic rings. The Labute approximate surface area is 127 Å². The van der Waals surface area contributed by atoms with E-state index in [0.29, 0.717) is 24.4 Å². The van der Waals surface area contributed by atoms with Crippen LogP contribution in [0, 0.1) is 12.8 Å². The second kappa shape index (κ2) is 5.59. The summed E-state index contributed by atoms with van der Waals surface area (Å²) in [6.45, 7) is 2.58. The van der Waals surface area contributed by atoms with Gasteiger partial charge in [0.1, 0.15) is 5.82 Å². The number of amides is 1. The molecule has 0 spiro atoms. The van der Waals surface area contributed by atoms with Gasteiger partial charge in [-0.3, -0.25) is 14.7 Å². The van der Waals surface area contributed by atoms with Crippen molar-refractivity contribution in [2.24, 2.45) is 5.92 Å². The summed E-state index contributed by atoms with van der Waals surface area (Å²) >= 11 is 0. The van der Waals surface area contributed by atoms with Crippen LogP contribution in [0.2, 0.25) is 0 Å². The molecule has 2 N–H and O–H groups in total.